The molecule has 0 aromatic heterocycles. The summed E-state index contributed by atoms with van der Waals surface area (Å²) in [5.74, 6) is -2.01. The smallest absolute Gasteiger partial charge is 0.312 e. The third-order valence-corrected chi connectivity index (χ3v) is 4.11. The van der Waals surface area contributed by atoms with Gasteiger partial charge in [0.15, 0.2) is 0 Å². The number of carbonyl (C=O) groups excluding carboxylic acids is 2. The number of hydrogen-bond donors (Lipinski definition) is 4. The van der Waals surface area contributed by atoms with Crippen molar-refractivity contribution >= 4 is 17.9 Å². The minimum Gasteiger partial charge on any atom is -0.481 e. The number of benzene rings is 2. The quantitative estimate of drug-likeness (QED) is 0.567. The topological polar surface area (TPSA) is 122 Å². The number of nitrogens with two attached hydrogens (primary N) is 1. The molecule has 7 heteroatoms. The molecule has 2 rings (SSSR count). The molecule has 5 N–H and O–H groups in total. The molecule has 0 spiro atoms. The van der Waals surface area contributed by atoms with Crippen LogP contribution in [0.5, 0.6) is 0 Å². The van der Waals surface area contributed by atoms with Crippen molar-refractivity contribution in [3.05, 3.63) is 70.8 Å². The molecule has 27 heavy (non-hydrogen) atoms. The number of amides is 3. The highest BCUT2D eigenvalue weighted by molar-refractivity contribution is 5.94. The third kappa shape index (κ3) is 6.47. The van der Waals surface area contributed by atoms with E-state index in [1.165, 1.54) is 0 Å². The van der Waals surface area contributed by atoms with Gasteiger partial charge in [0.05, 0.1) is 5.92 Å². The van der Waals surface area contributed by atoms with Crippen molar-refractivity contribution in [2.45, 2.75) is 19.9 Å². The average Bonchev–Trinajstić information content (AvgIpc) is 2.63. The van der Waals surface area contributed by atoms with E-state index in [1.54, 1.807) is 24.3 Å². The number of primary amides is 1. The summed E-state index contributed by atoms with van der Waals surface area (Å²) in [5, 5.41) is 14.6. The minimum atomic E-state index is -0.954. The van der Waals surface area contributed by atoms with Crippen LogP contribution in [0, 0.1) is 12.8 Å². The molecule has 3 amide bonds. The number of hydrogen-bond acceptors (Lipinski definition) is 3. The molecule has 0 bridgehead atoms. The van der Waals surface area contributed by atoms with E-state index >= 15 is 0 Å². The molecule has 0 aliphatic heterocycles. The van der Waals surface area contributed by atoms with E-state index in [0.717, 1.165) is 16.7 Å². The van der Waals surface area contributed by atoms with Gasteiger partial charge in [0.2, 0.25) is 0 Å². The van der Waals surface area contributed by atoms with Gasteiger partial charge in [-0.3, -0.25) is 9.59 Å². The fourth-order valence-corrected chi connectivity index (χ4v) is 2.65. The van der Waals surface area contributed by atoms with Crippen LogP contribution in [-0.4, -0.2) is 29.6 Å². The largest absolute Gasteiger partial charge is 0.481 e. The molecule has 142 valence electrons. The zero-order chi connectivity index (χ0) is 19.8. The summed E-state index contributed by atoms with van der Waals surface area (Å²) in [4.78, 5) is 34.5. The standard InChI is InChI=1S/C20H23N3O4/c1-13-3-2-4-15(9-13)10-17(19(25)26)12-22-18(24)16-7-5-14(6-8-16)11-23-20(21)27/h2-9,17H,10-12H2,1H3,(H,22,24)(H,25,26)(H3,21,23,27). The van der Waals surface area contributed by atoms with Crippen LogP contribution in [0.3, 0.4) is 0 Å². The molecule has 1 unspecified atom stereocenters. The molecular weight excluding hydrogens is 346 g/mol. The first kappa shape index (κ1) is 20.0. The van der Waals surface area contributed by atoms with Crippen molar-refractivity contribution in [1.29, 1.82) is 0 Å². The fourth-order valence-electron chi connectivity index (χ4n) is 2.65. The number of carboxylic acid groups (broad SMARTS) is 1. The molecule has 1 atom stereocenters. The maximum Gasteiger partial charge on any atom is 0.312 e. The van der Waals surface area contributed by atoms with Crippen molar-refractivity contribution in [2.24, 2.45) is 11.7 Å². The number of rotatable bonds is 8. The number of aliphatic carboxylic acids is 1. The lowest BCUT2D eigenvalue weighted by molar-refractivity contribution is -0.141. The van der Waals surface area contributed by atoms with E-state index in [0.29, 0.717) is 12.0 Å². The average molecular weight is 369 g/mol. The second kappa shape index (κ2) is 9.38. The summed E-state index contributed by atoms with van der Waals surface area (Å²) in [5.41, 5.74) is 8.21. The van der Waals surface area contributed by atoms with E-state index < -0.39 is 17.9 Å². The van der Waals surface area contributed by atoms with Crippen LogP contribution in [0.15, 0.2) is 48.5 Å². The SMILES string of the molecule is Cc1cccc(CC(CNC(=O)c2ccc(CNC(N)=O)cc2)C(=O)O)c1. The summed E-state index contributed by atoms with van der Waals surface area (Å²) in [6, 6.07) is 13.7. The first-order valence-electron chi connectivity index (χ1n) is 8.54. The Labute approximate surface area is 157 Å². The number of carbonyl (C=O) groups is 3. The summed E-state index contributed by atoms with van der Waals surface area (Å²) in [7, 11) is 0. The van der Waals surface area contributed by atoms with E-state index in [2.05, 4.69) is 10.6 Å². The van der Waals surface area contributed by atoms with E-state index in [1.807, 2.05) is 31.2 Å². The number of aryl methyl sites for hydroxylation is 1. The molecule has 2 aromatic rings. The van der Waals surface area contributed by atoms with Gasteiger partial charge in [-0.25, -0.2) is 4.79 Å². The lowest BCUT2D eigenvalue weighted by Gasteiger charge is -2.14. The normalized spacial score (nSPS) is 11.4. The van der Waals surface area contributed by atoms with E-state index in [-0.39, 0.29) is 19.0 Å². The molecule has 0 aliphatic carbocycles. The van der Waals surface area contributed by atoms with Gasteiger partial charge in [-0.15, -0.1) is 0 Å². The van der Waals surface area contributed by atoms with Crippen LogP contribution in [0.25, 0.3) is 0 Å². The monoisotopic (exact) mass is 369 g/mol. The number of carboxylic acids is 1. The van der Waals surface area contributed by atoms with Crippen LogP contribution in [0.4, 0.5) is 4.79 Å². The first-order chi connectivity index (χ1) is 12.8. The third-order valence-electron chi connectivity index (χ3n) is 4.11. The van der Waals surface area contributed by atoms with Gasteiger partial charge < -0.3 is 21.5 Å². The van der Waals surface area contributed by atoms with Crippen molar-refractivity contribution in [3.8, 4) is 0 Å². The predicted molar refractivity (Wildman–Crippen MR) is 101 cm³/mol. The molecule has 2 aromatic carbocycles. The Kier molecular flexibility index (Phi) is 6.93. The van der Waals surface area contributed by atoms with Gasteiger partial charge >= 0.3 is 12.0 Å². The Balaban J connectivity index is 1.93. The Hall–Kier alpha value is -3.35. The van der Waals surface area contributed by atoms with Crippen LogP contribution < -0.4 is 16.4 Å². The second-order valence-electron chi connectivity index (χ2n) is 6.35. The number of nitrogens with one attached hydrogen (secondary N) is 2. The fraction of sp³-hybridized carbons (Fsp3) is 0.250. The van der Waals surface area contributed by atoms with Crippen molar-refractivity contribution in [2.75, 3.05) is 6.54 Å². The van der Waals surface area contributed by atoms with Crippen molar-refractivity contribution in [1.82, 2.24) is 10.6 Å². The van der Waals surface area contributed by atoms with Gasteiger partial charge in [-0.2, -0.15) is 0 Å². The predicted octanol–water partition coefficient (Wildman–Crippen LogP) is 1.84. The second-order valence-corrected chi connectivity index (χ2v) is 6.35. The molecule has 0 fully saturated rings. The lowest BCUT2D eigenvalue weighted by atomic mass is 9.98. The zero-order valence-corrected chi connectivity index (χ0v) is 15.1. The molecule has 0 heterocycles. The Morgan fingerprint density at radius 2 is 1.74 bits per heavy atom. The van der Waals surface area contributed by atoms with E-state index in [9.17, 15) is 19.5 Å². The van der Waals surface area contributed by atoms with Gasteiger partial charge in [0.25, 0.3) is 5.91 Å². The lowest BCUT2D eigenvalue weighted by Crippen LogP contribution is -2.34. The van der Waals surface area contributed by atoms with Crippen LogP contribution >= 0.6 is 0 Å². The molecule has 0 aliphatic rings. The van der Waals surface area contributed by atoms with Crippen LogP contribution in [0.1, 0.15) is 27.0 Å². The minimum absolute atomic E-state index is 0.0348. The van der Waals surface area contributed by atoms with Crippen LogP contribution in [-0.2, 0) is 17.8 Å². The molecule has 0 saturated heterocycles. The van der Waals surface area contributed by atoms with Gasteiger partial charge in [-0.1, -0.05) is 42.0 Å². The number of urea groups is 1. The molecule has 0 saturated carbocycles. The van der Waals surface area contributed by atoms with Crippen molar-refractivity contribution < 1.29 is 19.5 Å². The zero-order valence-electron chi connectivity index (χ0n) is 15.1. The molecule has 7 nitrogen and oxygen atoms in total. The summed E-state index contributed by atoms with van der Waals surface area (Å²) < 4.78 is 0. The molecular formula is C20H23N3O4. The van der Waals surface area contributed by atoms with Crippen LogP contribution in [0.2, 0.25) is 0 Å². The summed E-state index contributed by atoms with van der Waals surface area (Å²) >= 11 is 0. The highest BCUT2D eigenvalue weighted by Crippen LogP contribution is 2.11. The highest BCUT2D eigenvalue weighted by Gasteiger charge is 2.19. The van der Waals surface area contributed by atoms with Gasteiger partial charge in [-0.05, 0) is 36.6 Å². The Bertz CT molecular complexity index is 818. The summed E-state index contributed by atoms with van der Waals surface area (Å²) in [6.07, 6.45) is 0.342. The summed E-state index contributed by atoms with van der Waals surface area (Å²) in [6.45, 7) is 2.26. The van der Waals surface area contributed by atoms with Gasteiger partial charge in [0.1, 0.15) is 0 Å². The van der Waals surface area contributed by atoms with Crippen molar-refractivity contribution in [3.63, 3.8) is 0 Å². The van der Waals surface area contributed by atoms with Gasteiger partial charge in [0, 0.05) is 18.7 Å². The van der Waals surface area contributed by atoms with E-state index in [4.69, 9.17) is 5.73 Å². The Morgan fingerprint density at radius 1 is 1.04 bits per heavy atom. The first-order valence-corrected chi connectivity index (χ1v) is 8.54. The highest BCUT2D eigenvalue weighted by atomic mass is 16.4. The molecule has 0 radical (unpaired) electrons. The Morgan fingerprint density at radius 3 is 2.33 bits per heavy atom. The maximum absolute atomic E-state index is 12.3. The maximum atomic E-state index is 12.3.